The molecule has 3 N–H and O–H groups in total. The molecule has 0 aromatic heterocycles. The van der Waals surface area contributed by atoms with Crippen LogP contribution in [0.3, 0.4) is 0 Å². The Bertz CT molecular complexity index is 555. The molecular weight excluding hydrogens is 268 g/mol. The van der Waals surface area contributed by atoms with E-state index in [0.29, 0.717) is 5.56 Å². The lowest BCUT2D eigenvalue weighted by Gasteiger charge is -2.10. The molecule has 0 spiro atoms. The van der Waals surface area contributed by atoms with E-state index >= 15 is 0 Å². The van der Waals surface area contributed by atoms with Crippen molar-refractivity contribution < 1.29 is 18.3 Å². The molecule has 0 atom stereocenters. The number of aryl methyl sites for hydroxylation is 1. The largest absolute Gasteiger partial charge is 0.395 e. The van der Waals surface area contributed by atoms with E-state index in [-0.39, 0.29) is 30.2 Å². The van der Waals surface area contributed by atoms with Crippen molar-refractivity contribution >= 4 is 15.9 Å². The Morgan fingerprint density at radius 1 is 1.37 bits per heavy atom. The number of aliphatic hydroxyl groups is 1. The average Bonchev–Trinajstić information content (AvgIpc) is 2.36. The zero-order valence-electron chi connectivity index (χ0n) is 10.9. The van der Waals surface area contributed by atoms with Gasteiger partial charge in [-0.2, -0.15) is 0 Å². The molecule has 0 aliphatic rings. The molecule has 1 aromatic carbocycles. The van der Waals surface area contributed by atoms with Crippen LogP contribution in [0, 0.1) is 6.92 Å². The highest BCUT2D eigenvalue weighted by molar-refractivity contribution is 7.89. The zero-order valence-corrected chi connectivity index (χ0v) is 11.8. The normalized spacial score (nSPS) is 11.3. The number of carbonyl (C=O) groups excluding carboxylic acids is 1. The minimum atomic E-state index is -3.58. The Labute approximate surface area is 112 Å². The fourth-order valence-electron chi connectivity index (χ4n) is 1.55. The second-order valence-corrected chi connectivity index (χ2v) is 5.72. The molecule has 0 aliphatic heterocycles. The van der Waals surface area contributed by atoms with Gasteiger partial charge in [-0.15, -0.1) is 0 Å². The number of hydrogen-bond donors (Lipinski definition) is 3. The summed E-state index contributed by atoms with van der Waals surface area (Å²) in [6.45, 7) is 3.64. The van der Waals surface area contributed by atoms with E-state index in [2.05, 4.69) is 10.0 Å². The molecule has 0 saturated carbocycles. The van der Waals surface area contributed by atoms with E-state index in [1.807, 2.05) is 0 Å². The standard InChI is InChI=1S/C12H18N2O4S/c1-3-14-19(17,18)10-5-4-9(2)11(8-10)12(16)13-6-7-15/h4-5,8,14-15H,3,6-7H2,1-2H3,(H,13,16). The predicted molar refractivity (Wildman–Crippen MR) is 71.5 cm³/mol. The lowest BCUT2D eigenvalue weighted by Crippen LogP contribution is -2.28. The average molecular weight is 286 g/mol. The van der Waals surface area contributed by atoms with Crippen LogP contribution in [0.15, 0.2) is 23.1 Å². The minimum Gasteiger partial charge on any atom is -0.395 e. The predicted octanol–water partition coefficient (Wildman–Crippen LogP) is 0.0153. The van der Waals surface area contributed by atoms with Gasteiger partial charge in [-0.05, 0) is 24.6 Å². The van der Waals surface area contributed by atoms with Gasteiger partial charge in [0.1, 0.15) is 0 Å². The minimum absolute atomic E-state index is 0.0501. The summed E-state index contributed by atoms with van der Waals surface area (Å²) in [7, 11) is -3.58. The van der Waals surface area contributed by atoms with E-state index in [4.69, 9.17) is 5.11 Å². The van der Waals surface area contributed by atoms with Crippen molar-refractivity contribution in [2.45, 2.75) is 18.7 Å². The van der Waals surface area contributed by atoms with Gasteiger partial charge in [0.2, 0.25) is 10.0 Å². The fourth-order valence-corrected chi connectivity index (χ4v) is 2.62. The number of hydrogen-bond acceptors (Lipinski definition) is 4. The molecule has 106 valence electrons. The molecule has 1 rings (SSSR count). The molecule has 19 heavy (non-hydrogen) atoms. The number of aliphatic hydroxyl groups excluding tert-OH is 1. The van der Waals surface area contributed by atoms with Crippen LogP contribution in [0.5, 0.6) is 0 Å². The third-order valence-corrected chi connectivity index (χ3v) is 4.04. The van der Waals surface area contributed by atoms with Gasteiger partial charge in [-0.3, -0.25) is 4.79 Å². The van der Waals surface area contributed by atoms with Gasteiger partial charge in [0.25, 0.3) is 5.91 Å². The molecule has 0 unspecified atom stereocenters. The molecule has 0 bridgehead atoms. The van der Waals surface area contributed by atoms with Crippen molar-refractivity contribution in [2.75, 3.05) is 19.7 Å². The van der Waals surface area contributed by atoms with Crippen molar-refractivity contribution in [2.24, 2.45) is 0 Å². The Kier molecular flexibility index (Phi) is 5.46. The summed E-state index contributed by atoms with van der Waals surface area (Å²) in [5.41, 5.74) is 0.957. The SMILES string of the molecule is CCNS(=O)(=O)c1ccc(C)c(C(=O)NCCO)c1. The van der Waals surface area contributed by atoms with E-state index < -0.39 is 15.9 Å². The topological polar surface area (TPSA) is 95.5 Å². The molecule has 7 heteroatoms. The molecule has 1 amide bonds. The summed E-state index contributed by atoms with van der Waals surface area (Å²) in [4.78, 5) is 11.9. The summed E-state index contributed by atoms with van der Waals surface area (Å²) in [5.74, 6) is -0.403. The lowest BCUT2D eigenvalue weighted by molar-refractivity contribution is 0.0944. The highest BCUT2D eigenvalue weighted by atomic mass is 32.2. The molecule has 0 heterocycles. The Morgan fingerprint density at radius 3 is 2.63 bits per heavy atom. The van der Waals surface area contributed by atoms with Crippen LogP contribution in [0.2, 0.25) is 0 Å². The van der Waals surface area contributed by atoms with Gasteiger partial charge in [-0.1, -0.05) is 13.0 Å². The first-order valence-electron chi connectivity index (χ1n) is 5.91. The second kappa shape index (κ2) is 6.65. The van der Waals surface area contributed by atoms with E-state index in [0.717, 1.165) is 0 Å². The first-order valence-corrected chi connectivity index (χ1v) is 7.40. The molecule has 0 aliphatic carbocycles. The molecular formula is C12H18N2O4S. The zero-order chi connectivity index (χ0) is 14.5. The Morgan fingerprint density at radius 2 is 2.05 bits per heavy atom. The van der Waals surface area contributed by atoms with Crippen molar-refractivity contribution in [1.82, 2.24) is 10.0 Å². The van der Waals surface area contributed by atoms with Crippen LogP contribution < -0.4 is 10.0 Å². The lowest BCUT2D eigenvalue weighted by atomic mass is 10.1. The third-order valence-electron chi connectivity index (χ3n) is 2.50. The molecule has 0 saturated heterocycles. The number of carbonyl (C=O) groups is 1. The second-order valence-electron chi connectivity index (χ2n) is 3.96. The van der Waals surface area contributed by atoms with Crippen LogP contribution in [-0.2, 0) is 10.0 Å². The summed E-state index contributed by atoms with van der Waals surface area (Å²) in [6.07, 6.45) is 0. The van der Waals surface area contributed by atoms with Gasteiger partial charge in [0, 0.05) is 18.7 Å². The van der Waals surface area contributed by atoms with Crippen LogP contribution >= 0.6 is 0 Å². The first kappa shape index (κ1) is 15.6. The molecule has 0 fully saturated rings. The maximum atomic E-state index is 11.8. The van der Waals surface area contributed by atoms with Crippen LogP contribution in [0.25, 0.3) is 0 Å². The smallest absolute Gasteiger partial charge is 0.251 e. The van der Waals surface area contributed by atoms with E-state index in [9.17, 15) is 13.2 Å². The molecule has 6 nitrogen and oxygen atoms in total. The first-order chi connectivity index (χ1) is 8.92. The van der Waals surface area contributed by atoms with Crippen molar-refractivity contribution in [1.29, 1.82) is 0 Å². The van der Waals surface area contributed by atoms with Crippen LogP contribution in [0.4, 0.5) is 0 Å². The highest BCUT2D eigenvalue weighted by Gasteiger charge is 2.16. The number of nitrogens with one attached hydrogen (secondary N) is 2. The summed E-state index contributed by atoms with van der Waals surface area (Å²) < 4.78 is 26.1. The highest BCUT2D eigenvalue weighted by Crippen LogP contribution is 2.15. The molecule has 1 aromatic rings. The fraction of sp³-hybridized carbons (Fsp3) is 0.417. The van der Waals surface area contributed by atoms with Gasteiger partial charge >= 0.3 is 0 Å². The Hall–Kier alpha value is -1.44. The van der Waals surface area contributed by atoms with Gasteiger partial charge in [-0.25, -0.2) is 13.1 Å². The van der Waals surface area contributed by atoms with E-state index in [1.165, 1.54) is 12.1 Å². The number of sulfonamides is 1. The summed E-state index contributed by atoms with van der Waals surface area (Å²) in [5, 5.41) is 11.2. The monoisotopic (exact) mass is 286 g/mol. The summed E-state index contributed by atoms with van der Waals surface area (Å²) in [6, 6.07) is 4.37. The number of amides is 1. The Balaban J connectivity index is 3.11. The maximum absolute atomic E-state index is 11.8. The van der Waals surface area contributed by atoms with E-state index in [1.54, 1.807) is 19.9 Å². The quantitative estimate of drug-likeness (QED) is 0.687. The van der Waals surface area contributed by atoms with Crippen molar-refractivity contribution in [3.05, 3.63) is 29.3 Å². The van der Waals surface area contributed by atoms with Gasteiger partial charge in [0.15, 0.2) is 0 Å². The van der Waals surface area contributed by atoms with Crippen molar-refractivity contribution in [3.63, 3.8) is 0 Å². The molecule has 0 radical (unpaired) electrons. The maximum Gasteiger partial charge on any atom is 0.251 e. The van der Waals surface area contributed by atoms with Crippen LogP contribution in [-0.4, -0.2) is 39.1 Å². The number of rotatable bonds is 6. The van der Waals surface area contributed by atoms with Crippen LogP contribution in [0.1, 0.15) is 22.8 Å². The number of benzene rings is 1. The summed E-state index contributed by atoms with van der Waals surface area (Å²) >= 11 is 0. The van der Waals surface area contributed by atoms with Gasteiger partial charge < -0.3 is 10.4 Å². The van der Waals surface area contributed by atoms with Gasteiger partial charge in [0.05, 0.1) is 11.5 Å². The third kappa shape index (κ3) is 4.02. The van der Waals surface area contributed by atoms with Crippen molar-refractivity contribution in [3.8, 4) is 0 Å².